The van der Waals surface area contributed by atoms with Crippen LogP contribution in [-0.4, -0.2) is 38.6 Å². The second kappa shape index (κ2) is 4.07. The van der Waals surface area contributed by atoms with Gasteiger partial charge in [0.1, 0.15) is 0 Å². The molecule has 1 unspecified atom stereocenters. The van der Waals surface area contributed by atoms with Gasteiger partial charge in [-0.25, -0.2) is 0 Å². The molecule has 2 heteroatoms. The van der Waals surface area contributed by atoms with E-state index in [0.29, 0.717) is 0 Å². The first-order valence-corrected chi connectivity index (χ1v) is 4.61. The van der Waals surface area contributed by atoms with Gasteiger partial charge in [-0.15, -0.1) is 0 Å². The summed E-state index contributed by atoms with van der Waals surface area (Å²) in [5.74, 6) is 1.86. The summed E-state index contributed by atoms with van der Waals surface area (Å²) in [7, 11) is 4.24. The van der Waals surface area contributed by atoms with E-state index in [1.807, 2.05) is 7.05 Å². The number of nitrogens with zero attached hydrogens (tertiary/aromatic N) is 1. The van der Waals surface area contributed by atoms with Crippen molar-refractivity contribution in [2.75, 3.05) is 33.7 Å². The predicted octanol–water partition coefficient (Wildman–Crippen LogP) is 0.794. The van der Waals surface area contributed by atoms with Crippen LogP contribution in [0.25, 0.3) is 0 Å². The number of hydrogen-bond donors (Lipinski definition) is 1. The van der Waals surface area contributed by atoms with Gasteiger partial charge in [0.05, 0.1) is 0 Å². The van der Waals surface area contributed by atoms with E-state index in [1.54, 1.807) is 0 Å². The van der Waals surface area contributed by atoms with E-state index in [9.17, 15) is 0 Å². The number of rotatable bonds is 4. The lowest BCUT2D eigenvalue weighted by molar-refractivity contribution is 0.0812. The van der Waals surface area contributed by atoms with Gasteiger partial charge in [-0.1, -0.05) is 13.3 Å². The zero-order valence-corrected chi connectivity index (χ0v) is 7.93. The molecule has 0 aromatic heterocycles. The molecule has 0 bridgehead atoms. The van der Waals surface area contributed by atoms with Crippen molar-refractivity contribution in [2.24, 2.45) is 11.8 Å². The summed E-state index contributed by atoms with van der Waals surface area (Å²) in [5.41, 5.74) is 0. The Morgan fingerprint density at radius 2 is 2.18 bits per heavy atom. The first kappa shape index (κ1) is 9.01. The van der Waals surface area contributed by atoms with Gasteiger partial charge in [0.25, 0.3) is 0 Å². The van der Waals surface area contributed by atoms with E-state index >= 15 is 0 Å². The monoisotopic (exact) mass is 156 g/mol. The van der Waals surface area contributed by atoms with Gasteiger partial charge in [0.2, 0.25) is 0 Å². The van der Waals surface area contributed by atoms with Crippen molar-refractivity contribution in [1.29, 1.82) is 0 Å². The minimum absolute atomic E-state index is 0.899. The van der Waals surface area contributed by atoms with Crippen LogP contribution in [0, 0.1) is 11.8 Å². The second-order valence-corrected chi connectivity index (χ2v) is 3.71. The minimum atomic E-state index is 0.899. The molecule has 66 valence electrons. The molecule has 1 saturated heterocycles. The van der Waals surface area contributed by atoms with E-state index in [1.165, 1.54) is 26.1 Å². The van der Waals surface area contributed by atoms with Crippen molar-refractivity contribution in [3.8, 4) is 0 Å². The molecule has 0 radical (unpaired) electrons. The Balaban J connectivity index is 2.20. The smallest absolute Gasteiger partial charge is 0.00221 e. The molecule has 1 N–H and O–H groups in total. The molecule has 1 rings (SSSR count). The van der Waals surface area contributed by atoms with Gasteiger partial charge >= 0.3 is 0 Å². The maximum absolute atomic E-state index is 3.26. The van der Waals surface area contributed by atoms with Gasteiger partial charge in [-0.2, -0.15) is 0 Å². The van der Waals surface area contributed by atoms with Crippen molar-refractivity contribution in [3.05, 3.63) is 0 Å². The van der Waals surface area contributed by atoms with Crippen LogP contribution in [0.15, 0.2) is 0 Å². The highest BCUT2D eigenvalue weighted by Gasteiger charge is 2.29. The molecule has 11 heavy (non-hydrogen) atoms. The van der Waals surface area contributed by atoms with E-state index in [-0.39, 0.29) is 0 Å². The molecule has 0 aliphatic carbocycles. The molecule has 1 aliphatic rings. The van der Waals surface area contributed by atoms with E-state index < -0.39 is 0 Å². The normalized spacial score (nSPS) is 23.2. The zero-order chi connectivity index (χ0) is 8.27. The maximum Gasteiger partial charge on any atom is 0.00221 e. The molecule has 2 nitrogen and oxygen atoms in total. The first-order valence-electron chi connectivity index (χ1n) is 4.61. The van der Waals surface area contributed by atoms with E-state index in [2.05, 4.69) is 24.2 Å². The quantitative estimate of drug-likeness (QED) is 0.647. The summed E-state index contributed by atoms with van der Waals surface area (Å²) in [4.78, 5) is 2.39. The highest BCUT2D eigenvalue weighted by Crippen LogP contribution is 2.24. The highest BCUT2D eigenvalue weighted by molar-refractivity contribution is 4.83. The van der Waals surface area contributed by atoms with Crippen LogP contribution in [-0.2, 0) is 0 Å². The summed E-state index contributed by atoms with van der Waals surface area (Å²) >= 11 is 0. The van der Waals surface area contributed by atoms with Crippen LogP contribution < -0.4 is 5.32 Å². The number of hydrogen-bond acceptors (Lipinski definition) is 2. The van der Waals surface area contributed by atoms with Gasteiger partial charge in [0.15, 0.2) is 0 Å². The fraction of sp³-hybridized carbons (Fsp3) is 1.00. The van der Waals surface area contributed by atoms with Crippen LogP contribution in [0.5, 0.6) is 0 Å². The summed E-state index contributed by atoms with van der Waals surface area (Å²) in [6.07, 6.45) is 1.32. The molecule has 1 fully saturated rings. The third-order valence-electron chi connectivity index (χ3n) is 2.75. The lowest BCUT2D eigenvalue weighted by Gasteiger charge is -2.41. The molecule has 0 aromatic carbocycles. The van der Waals surface area contributed by atoms with E-state index in [0.717, 1.165) is 11.8 Å². The van der Waals surface area contributed by atoms with Gasteiger partial charge in [-0.05, 0) is 32.5 Å². The first-order chi connectivity index (χ1) is 5.27. The fourth-order valence-corrected chi connectivity index (χ4v) is 1.95. The molecule has 1 atom stereocenters. The average molecular weight is 156 g/mol. The fourth-order valence-electron chi connectivity index (χ4n) is 1.95. The average Bonchev–Trinajstić information content (AvgIpc) is 1.95. The highest BCUT2D eigenvalue weighted by atomic mass is 15.2. The summed E-state index contributed by atoms with van der Waals surface area (Å²) in [6, 6.07) is 0. The molecular weight excluding hydrogens is 136 g/mol. The topological polar surface area (TPSA) is 15.3 Å². The number of likely N-dealkylation sites (tertiary alicyclic amines) is 1. The minimum Gasteiger partial charge on any atom is -0.319 e. The second-order valence-electron chi connectivity index (χ2n) is 3.71. The SMILES string of the molecule is CCC(CNC)C1CN(C)C1. The molecule has 0 saturated carbocycles. The lowest BCUT2D eigenvalue weighted by Crippen LogP contribution is -2.49. The molecule has 1 aliphatic heterocycles. The Kier molecular flexibility index (Phi) is 3.34. The Morgan fingerprint density at radius 3 is 2.55 bits per heavy atom. The molecule has 1 heterocycles. The van der Waals surface area contributed by atoms with Crippen molar-refractivity contribution < 1.29 is 0 Å². The largest absolute Gasteiger partial charge is 0.319 e. The molecule has 0 aromatic rings. The summed E-state index contributed by atoms with van der Waals surface area (Å²) in [5, 5.41) is 3.26. The van der Waals surface area contributed by atoms with Crippen LogP contribution in [0.2, 0.25) is 0 Å². The van der Waals surface area contributed by atoms with Crippen LogP contribution in [0.3, 0.4) is 0 Å². The van der Waals surface area contributed by atoms with Gasteiger partial charge in [0, 0.05) is 13.1 Å². The third-order valence-corrected chi connectivity index (χ3v) is 2.75. The van der Waals surface area contributed by atoms with E-state index in [4.69, 9.17) is 0 Å². The molecular formula is C9H20N2. The number of nitrogens with one attached hydrogen (secondary N) is 1. The Hall–Kier alpha value is -0.0800. The summed E-state index contributed by atoms with van der Waals surface area (Å²) in [6.45, 7) is 6.09. The Morgan fingerprint density at radius 1 is 1.55 bits per heavy atom. The molecule has 0 spiro atoms. The van der Waals surface area contributed by atoms with Crippen molar-refractivity contribution in [1.82, 2.24) is 10.2 Å². The Labute approximate surface area is 70.0 Å². The zero-order valence-electron chi connectivity index (χ0n) is 7.93. The van der Waals surface area contributed by atoms with Crippen molar-refractivity contribution in [2.45, 2.75) is 13.3 Å². The predicted molar refractivity (Wildman–Crippen MR) is 48.7 cm³/mol. The van der Waals surface area contributed by atoms with Gasteiger partial charge < -0.3 is 10.2 Å². The van der Waals surface area contributed by atoms with Crippen LogP contribution >= 0.6 is 0 Å². The third kappa shape index (κ3) is 2.17. The van der Waals surface area contributed by atoms with Crippen LogP contribution in [0.1, 0.15) is 13.3 Å². The molecule has 0 amide bonds. The van der Waals surface area contributed by atoms with Gasteiger partial charge in [-0.3, -0.25) is 0 Å². The standard InChI is InChI=1S/C9H20N2/c1-4-8(5-10-2)9-6-11(3)7-9/h8-10H,4-7H2,1-3H3. The van der Waals surface area contributed by atoms with Crippen molar-refractivity contribution >= 4 is 0 Å². The maximum atomic E-state index is 3.26. The van der Waals surface area contributed by atoms with Crippen LogP contribution in [0.4, 0.5) is 0 Å². The lowest BCUT2D eigenvalue weighted by atomic mass is 9.84. The Bertz CT molecular complexity index is 108. The van der Waals surface area contributed by atoms with Crippen molar-refractivity contribution in [3.63, 3.8) is 0 Å². The summed E-state index contributed by atoms with van der Waals surface area (Å²) < 4.78 is 0.